The molecule has 2 amide bonds. The molecule has 0 bridgehead atoms. The van der Waals surface area contributed by atoms with Crippen molar-refractivity contribution in [3.05, 3.63) is 58.3 Å². The topological polar surface area (TPSA) is 49.9 Å². The van der Waals surface area contributed by atoms with E-state index in [-0.39, 0.29) is 24.5 Å². The van der Waals surface area contributed by atoms with Crippen LogP contribution in [0.4, 0.5) is 0 Å². The Morgan fingerprint density at radius 1 is 1.00 bits per heavy atom. The number of hydrogen-bond donors (Lipinski definition) is 0. The Morgan fingerprint density at radius 2 is 1.84 bits per heavy atom. The van der Waals surface area contributed by atoms with Gasteiger partial charge in [0, 0.05) is 31.0 Å². The molecule has 0 aliphatic carbocycles. The van der Waals surface area contributed by atoms with Crippen LogP contribution in [0.5, 0.6) is 0 Å². The zero-order valence-corrected chi connectivity index (χ0v) is 20.0. The number of benzene rings is 1. The third kappa shape index (κ3) is 8.06. The molecule has 6 heteroatoms. The highest BCUT2D eigenvalue weighted by Gasteiger charge is 2.26. The van der Waals surface area contributed by atoms with Crippen LogP contribution in [0.3, 0.4) is 0 Å². The molecule has 2 aromatic rings. The van der Waals surface area contributed by atoms with Gasteiger partial charge in [0.2, 0.25) is 11.8 Å². The van der Waals surface area contributed by atoms with Crippen LogP contribution >= 0.6 is 11.3 Å². The van der Waals surface area contributed by atoms with Crippen molar-refractivity contribution in [2.45, 2.75) is 71.1 Å². The highest BCUT2D eigenvalue weighted by atomic mass is 32.1. The highest BCUT2D eigenvalue weighted by molar-refractivity contribution is 7.09. The number of ether oxygens (including phenoxy) is 1. The SMILES string of the molecule is CCCCCCC(=O)N(CC(=O)N(Cc1ccccc1)Cc1cccs1)CC1CCCO1. The van der Waals surface area contributed by atoms with Crippen molar-refractivity contribution in [1.29, 1.82) is 0 Å². The molecule has 0 radical (unpaired) electrons. The number of amides is 2. The van der Waals surface area contributed by atoms with Gasteiger partial charge in [-0.3, -0.25) is 9.59 Å². The second-order valence-corrected chi connectivity index (χ2v) is 9.57. The van der Waals surface area contributed by atoms with Crippen molar-refractivity contribution in [2.24, 2.45) is 0 Å². The summed E-state index contributed by atoms with van der Waals surface area (Å²) in [5.74, 6) is 0.0582. The maximum absolute atomic E-state index is 13.4. The predicted octanol–water partition coefficient (Wildman–Crippen LogP) is 5.25. The fourth-order valence-corrected chi connectivity index (χ4v) is 4.76. The molecule has 1 fully saturated rings. The van der Waals surface area contributed by atoms with Crippen molar-refractivity contribution in [2.75, 3.05) is 19.7 Å². The van der Waals surface area contributed by atoms with E-state index in [1.165, 1.54) is 0 Å². The van der Waals surface area contributed by atoms with E-state index in [1.807, 2.05) is 46.7 Å². The van der Waals surface area contributed by atoms with Gasteiger partial charge in [-0.15, -0.1) is 11.3 Å². The average Bonchev–Trinajstić information content (AvgIpc) is 3.51. The van der Waals surface area contributed by atoms with Crippen molar-refractivity contribution >= 4 is 23.2 Å². The van der Waals surface area contributed by atoms with Gasteiger partial charge in [0.15, 0.2) is 0 Å². The lowest BCUT2D eigenvalue weighted by atomic mass is 10.1. The molecule has 0 spiro atoms. The monoisotopic (exact) mass is 456 g/mol. The largest absolute Gasteiger partial charge is 0.376 e. The Hall–Kier alpha value is -2.18. The number of carbonyl (C=O) groups excluding carboxylic acids is 2. The van der Waals surface area contributed by atoms with Gasteiger partial charge in [0.25, 0.3) is 0 Å². The van der Waals surface area contributed by atoms with E-state index in [0.717, 1.165) is 55.6 Å². The van der Waals surface area contributed by atoms with Crippen molar-refractivity contribution in [3.8, 4) is 0 Å². The lowest BCUT2D eigenvalue weighted by molar-refractivity contribution is -0.142. The summed E-state index contributed by atoms with van der Waals surface area (Å²) in [5, 5.41) is 2.03. The molecular formula is C26H36N2O3S. The van der Waals surface area contributed by atoms with Crippen LogP contribution in [0.15, 0.2) is 47.8 Å². The fourth-order valence-electron chi connectivity index (χ4n) is 4.04. The number of nitrogens with zero attached hydrogens (tertiary/aromatic N) is 2. The molecular weight excluding hydrogens is 420 g/mol. The van der Waals surface area contributed by atoms with Crippen LogP contribution in [0, 0.1) is 0 Å². The van der Waals surface area contributed by atoms with Crippen molar-refractivity contribution in [1.82, 2.24) is 9.80 Å². The first-order valence-electron chi connectivity index (χ1n) is 11.9. The molecule has 0 N–H and O–H groups in total. The van der Waals surface area contributed by atoms with E-state index >= 15 is 0 Å². The minimum Gasteiger partial charge on any atom is -0.376 e. The van der Waals surface area contributed by atoms with Gasteiger partial charge < -0.3 is 14.5 Å². The molecule has 2 heterocycles. The summed E-state index contributed by atoms with van der Waals surface area (Å²) in [5.41, 5.74) is 1.09. The maximum Gasteiger partial charge on any atom is 0.242 e. The van der Waals surface area contributed by atoms with E-state index in [1.54, 1.807) is 16.2 Å². The maximum atomic E-state index is 13.4. The second kappa shape index (κ2) is 13.4. The molecule has 32 heavy (non-hydrogen) atoms. The summed E-state index contributed by atoms with van der Waals surface area (Å²) in [6.07, 6.45) is 6.75. The molecule has 174 valence electrons. The number of rotatable bonds is 13. The first-order chi connectivity index (χ1) is 15.7. The Morgan fingerprint density at radius 3 is 2.53 bits per heavy atom. The van der Waals surface area contributed by atoms with Gasteiger partial charge in [0.05, 0.1) is 19.2 Å². The molecule has 5 nitrogen and oxygen atoms in total. The molecule has 1 aromatic heterocycles. The fraction of sp³-hybridized carbons (Fsp3) is 0.538. The van der Waals surface area contributed by atoms with E-state index in [2.05, 4.69) is 13.0 Å². The van der Waals surface area contributed by atoms with E-state index in [9.17, 15) is 9.59 Å². The van der Waals surface area contributed by atoms with Crippen LogP contribution in [0.2, 0.25) is 0 Å². The molecule has 1 aliphatic rings. The van der Waals surface area contributed by atoms with E-state index < -0.39 is 0 Å². The number of unbranched alkanes of at least 4 members (excludes halogenated alkanes) is 3. The highest BCUT2D eigenvalue weighted by Crippen LogP contribution is 2.18. The van der Waals surface area contributed by atoms with Gasteiger partial charge >= 0.3 is 0 Å². The average molecular weight is 457 g/mol. The first kappa shape index (κ1) is 24.5. The van der Waals surface area contributed by atoms with Gasteiger partial charge in [-0.25, -0.2) is 0 Å². The Labute approximate surface area is 196 Å². The molecule has 1 atom stereocenters. The number of carbonyl (C=O) groups is 2. The van der Waals surface area contributed by atoms with Gasteiger partial charge in [-0.05, 0) is 36.3 Å². The predicted molar refractivity (Wildman–Crippen MR) is 129 cm³/mol. The minimum absolute atomic E-state index is 0.0119. The summed E-state index contributed by atoms with van der Waals surface area (Å²) in [4.78, 5) is 31.2. The molecule has 0 saturated carbocycles. The van der Waals surface area contributed by atoms with Crippen LogP contribution in [0.1, 0.15) is 62.3 Å². The molecule has 1 aliphatic heterocycles. The Balaban J connectivity index is 1.67. The summed E-state index contributed by atoms with van der Waals surface area (Å²) < 4.78 is 5.78. The van der Waals surface area contributed by atoms with E-state index in [4.69, 9.17) is 4.74 Å². The molecule has 1 unspecified atom stereocenters. The van der Waals surface area contributed by atoms with Gasteiger partial charge in [0.1, 0.15) is 0 Å². The van der Waals surface area contributed by atoms with Crippen molar-refractivity contribution in [3.63, 3.8) is 0 Å². The van der Waals surface area contributed by atoms with Crippen LogP contribution in [-0.2, 0) is 27.4 Å². The summed E-state index contributed by atoms with van der Waals surface area (Å²) in [6, 6.07) is 14.1. The molecule has 1 saturated heterocycles. The first-order valence-corrected chi connectivity index (χ1v) is 12.8. The van der Waals surface area contributed by atoms with Crippen LogP contribution in [-0.4, -0.2) is 47.4 Å². The molecule has 1 aromatic carbocycles. The normalized spacial score (nSPS) is 15.6. The number of thiophene rings is 1. The van der Waals surface area contributed by atoms with Gasteiger partial charge in [-0.1, -0.05) is 62.6 Å². The van der Waals surface area contributed by atoms with Crippen molar-refractivity contribution < 1.29 is 14.3 Å². The summed E-state index contributed by atoms with van der Waals surface area (Å²) in [7, 11) is 0. The van der Waals surface area contributed by atoms with Gasteiger partial charge in [-0.2, -0.15) is 0 Å². The van der Waals surface area contributed by atoms with Crippen LogP contribution < -0.4 is 0 Å². The molecule has 3 rings (SSSR count). The third-order valence-electron chi connectivity index (χ3n) is 5.87. The Kier molecular flexibility index (Phi) is 10.2. The Bertz CT molecular complexity index is 804. The smallest absolute Gasteiger partial charge is 0.242 e. The summed E-state index contributed by atoms with van der Waals surface area (Å²) >= 11 is 1.65. The zero-order valence-electron chi connectivity index (χ0n) is 19.2. The summed E-state index contributed by atoms with van der Waals surface area (Å²) in [6.45, 7) is 4.63. The quantitative estimate of drug-likeness (QED) is 0.387. The van der Waals surface area contributed by atoms with Crippen LogP contribution in [0.25, 0.3) is 0 Å². The zero-order chi connectivity index (χ0) is 22.6. The van der Waals surface area contributed by atoms with E-state index in [0.29, 0.717) is 26.1 Å². The second-order valence-electron chi connectivity index (χ2n) is 8.53. The standard InChI is InChI=1S/C26H36N2O3S/c1-2-3-4-8-15-25(29)28(19-23-13-9-16-31-23)21-26(30)27(20-24-14-10-17-32-24)18-22-11-6-5-7-12-22/h5-7,10-12,14,17,23H,2-4,8-9,13,15-16,18-21H2,1H3. The third-order valence-corrected chi connectivity index (χ3v) is 6.73. The lowest BCUT2D eigenvalue weighted by Gasteiger charge is -2.29. The lowest BCUT2D eigenvalue weighted by Crippen LogP contribution is -2.45. The number of hydrogen-bond acceptors (Lipinski definition) is 4. The minimum atomic E-state index is -0.0119.